The maximum Gasteiger partial charge on any atom is 0.226 e. The average Bonchev–Trinajstić information content (AvgIpc) is 2.49. The number of rotatable bonds is 5. The van der Waals surface area contributed by atoms with Crippen molar-refractivity contribution in [2.75, 3.05) is 16.8 Å². The van der Waals surface area contributed by atoms with E-state index in [1.54, 1.807) is 48.5 Å². The van der Waals surface area contributed by atoms with Crippen molar-refractivity contribution in [3.05, 3.63) is 58.6 Å². The van der Waals surface area contributed by atoms with Crippen LogP contribution in [0, 0.1) is 0 Å². The molecule has 23 heavy (non-hydrogen) atoms. The molecule has 0 bridgehead atoms. The molecule has 2 aromatic carbocycles. The molecule has 0 radical (unpaired) electrons. The number of hydrogen-bond donors (Lipinski definition) is 1. The largest absolute Gasteiger partial charge is 0.326 e. The molecule has 0 saturated heterocycles. The SMILES string of the molecule is CC(=O)N(CCC(=O)Nc1ccc(Cl)cc1)c1cccc(Cl)c1. The topological polar surface area (TPSA) is 49.4 Å². The lowest BCUT2D eigenvalue weighted by Gasteiger charge is -2.21. The molecule has 0 heterocycles. The second-order valence-electron chi connectivity index (χ2n) is 4.96. The Bertz CT molecular complexity index is 702. The molecule has 0 fully saturated rings. The third-order valence-corrected chi connectivity index (χ3v) is 3.68. The number of carbonyl (C=O) groups excluding carboxylic acids is 2. The second-order valence-corrected chi connectivity index (χ2v) is 5.83. The molecule has 2 amide bonds. The Hall–Kier alpha value is -2.04. The Morgan fingerprint density at radius 2 is 1.74 bits per heavy atom. The molecule has 6 heteroatoms. The molecule has 1 N–H and O–H groups in total. The van der Waals surface area contributed by atoms with Gasteiger partial charge in [-0.2, -0.15) is 0 Å². The predicted molar refractivity (Wildman–Crippen MR) is 94.2 cm³/mol. The van der Waals surface area contributed by atoms with Crippen LogP contribution in [-0.2, 0) is 9.59 Å². The number of amides is 2. The normalized spacial score (nSPS) is 10.2. The van der Waals surface area contributed by atoms with Crippen LogP contribution in [-0.4, -0.2) is 18.4 Å². The van der Waals surface area contributed by atoms with Gasteiger partial charge in [-0.05, 0) is 42.5 Å². The van der Waals surface area contributed by atoms with E-state index in [0.29, 0.717) is 21.4 Å². The van der Waals surface area contributed by atoms with Gasteiger partial charge in [-0.3, -0.25) is 9.59 Å². The Morgan fingerprint density at radius 3 is 2.35 bits per heavy atom. The van der Waals surface area contributed by atoms with E-state index in [2.05, 4.69) is 5.32 Å². The van der Waals surface area contributed by atoms with Crippen molar-refractivity contribution in [1.29, 1.82) is 0 Å². The van der Waals surface area contributed by atoms with E-state index in [1.807, 2.05) is 0 Å². The zero-order valence-corrected chi connectivity index (χ0v) is 14.1. The fraction of sp³-hybridized carbons (Fsp3) is 0.176. The van der Waals surface area contributed by atoms with Gasteiger partial charge < -0.3 is 10.2 Å². The molecule has 0 aliphatic carbocycles. The number of benzene rings is 2. The molecule has 4 nitrogen and oxygen atoms in total. The molecular formula is C17H16Cl2N2O2. The minimum Gasteiger partial charge on any atom is -0.326 e. The summed E-state index contributed by atoms with van der Waals surface area (Å²) < 4.78 is 0. The van der Waals surface area contributed by atoms with Crippen LogP contribution in [0.15, 0.2) is 48.5 Å². The Morgan fingerprint density at radius 1 is 1.04 bits per heavy atom. The van der Waals surface area contributed by atoms with E-state index in [-0.39, 0.29) is 24.8 Å². The van der Waals surface area contributed by atoms with Gasteiger partial charge in [0.1, 0.15) is 0 Å². The van der Waals surface area contributed by atoms with Crippen LogP contribution in [0.3, 0.4) is 0 Å². The van der Waals surface area contributed by atoms with Crippen LogP contribution in [0.1, 0.15) is 13.3 Å². The van der Waals surface area contributed by atoms with Gasteiger partial charge in [0, 0.05) is 41.3 Å². The van der Waals surface area contributed by atoms with E-state index >= 15 is 0 Å². The summed E-state index contributed by atoms with van der Waals surface area (Å²) in [6.07, 6.45) is 0.175. The van der Waals surface area contributed by atoms with Crippen LogP contribution >= 0.6 is 23.2 Å². The number of halogens is 2. The monoisotopic (exact) mass is 350 g/mol. The fourth-order valence-electron chi connectivity index (χ4n) is 2.08. The lowest BCUT2D eigenvalue weighted by atomic mass is 10.2. The molecular weight excluding hydrogens is 335 g/mol. The standard InChI is InChI=1S/C17H16Cl2N2O2/c1-12(22)21(16-4-2-3-14(19)11-16)10-9-17(23)20-15-7-5-13(18)6-8-15/h2-8,11H,9-10H2,1H3,(H,20,23). The predicted octanol–water partition coefficient (Wildman–Crippen LogP) is 4.38. The lowest BCUT2D eigenvalue weighted by molar-refractivity contribution is -0.117. The molecule has 2 aromatic rings. The summed E-state index contributed by atoms with van der Waals surface area (Å²) in [5.74, 6) is -0.327. The van der Waals surface area contributed by atoms with E-state index < -0.39 is 0 Å². The van der Waals surface area contributed by atoms with Crippen molar-refractivity contribution in [3.63, 3.8) is 0 Å². The summed E-state index contributed by atoms with van der Waals surface area (Å²) in [7, 11) is 0. The first-order chi connectivity index (χ1) is 11.0. The second kappa shape index (κ2) is 7.99. The van der Waals surface area contributed by atoms with E-state index in [9.17, 15) is 9.59 Å². The molecule has 120 valence electrons. The minimum atomic E-state index is -0.180. The number of nitrogens with zero attached hydrogens (tertiary/aromatic N) is 1. The third-order valence-electron chi connectivity index (χ3n) is 3.19. The van der Waals surface area contributed by atoms with Crippen LogP contribution in [0.25, 0.3) is 0 Å². The van der Waals surface area contributed by atoms with Gasteiger partial charge in [0.15, 0.2) is 0 Å². The maximum atomic E-state index is 12.0. The van der Waals surface area contributed by atoms with Gasteiger partial charge in [-0.1, -0.05) is 29.3 Å². The van der Waals surface area contributed by atoms with Crippen molar-refractivity contribution < 1.29 is 9.59 Å². The summed E-state index contributed by atoms with van der Waals surface area (Å²) in [5, 5.41) is 3.91. The van der Waals surface area contributed by atoms with Crippen molar-refractivity contribution in [1.82, 2.24) is 0 Å². The first kappa shape index (κ1) is 17.3. The molecule has 0 aromatic heterocycles. The number of anilines is 2. The molecule has 0 spiro atoms. The highest BCUT2D eigenvalue weighted by molar-refractivity contribution is 6.31. The zero-order chi connectivity index (χ0) is 16.8. The maximum absolute atomic E-state index is 12.0. The lowest BCUT2D eigenvalue weighted by Crippen LogP contribution is -2.31. The summed E-state index contributed by atoms with van der Waals surface area (Å²) in [4.78, 5) is 25.3. The van der Waals surface area contributed by atoms with Crippen molar-refractivity contribution in [3.8, 4) is 0 Å². The first-order valence-electron chi connectivity index (χ1n) is 7.05. The molecule has 0 atom stereocenters. The summed E-state index contributed by atoms with van der Waals surface area (Å²) in [6, 6.07) is 13.8. The van der Waals surface area contributed by atoms with Crippen LogP contribution in [0.5, 0.6) is 0 Å². The molecule has 2 rings (SSSR count). The first-order valence-corrected chi connectivity index (χ1v) is 7.80. The molecule has 0 aliphatic rings. The summed E-state index contributed by atoms with van der Waals surface area (Å²) >= 11 is 11.7. The summed E-state index contributed by atoms with van der Waals surface area (Å²) in [5.41, 5.74) is 1.33. The highest BCUT2D eigenvalue weighted by Crippen LogP contribution is 2.20. The molecule has 0 unspecified atom stereocenters. The Labute approximate surface area is 145 Å². The van der Waals surface area contributed by atoms with Gasteiger partial charge in [0.05, 0.1) is 0 Å². The van der Waals surface area contributed by atoms with E-state index in [4.69, 9.17) is 23.2 Å². The van der Waals surface area contributed by atoms with E-state index in [1.165, 1.54) is 11.8 Å². The van der Waals surface area contributed by atoms with Crippen LogP contribution in [0.2, 0.25) is 10.0 Å². The highest BCUT2D eigenvalue weighted by atomic mass is 35.5. The van der Waals surface area contributed by atoms with Crippen molar-refractivity contribution in [2.24, 2.45) is 0 Å². The molecule has 0 aliphatic heterocycles. The fourth-order valence-corrected chi connectivity index (χ4v) is 2.39. The van der Waals surface area contributed by atoms with Gasteiger partial charge in [0.25, 0.3) is 0 Å². The van der Waals surface area contributed by atoms with Gasteiger partial charge in [0.2, 0.25) is 11.8 Å². The minimum absolute atomic E-state index is 0.147. The van der Waals surface area contributed by atoms with Crippen LogP contribution < -0.4 is 10.2 Å². The average molecular weight is 351 g/mol. The van der Waals surface area contributed by atoms with Gasteiger partial charge in [-0.15, -0.1) is 0 Å². The number of hydrogen-bond acceptors (Lipinski definition) is 2. The van der Waals surface area contributed by atoms with Gasteiger partial charge >= 0.3 is 0 Å². The number of carbonyl (C=O) groups is 2. The number of nitrogens with one attached hydrogen (secondary N) is 1. The smallest absolute Gasteiger partial charge is 0.226 e. The Kier molecular flexibility index (Phi) is 6.02. The summed E-state index contributed by atoms with van der Waals surface area (Å²) in [6.45, 7) is 1.73. The van der Waals surface area contributed by atoms with E-state index in [0.717, 1.165) is 0 Å². The quantitative estimate of drug-likeness (QED) is 0.869. The molecule has 0 saturated carbocycles. The van der Waals surface area contributed by atoms with Crippen molar-refractivity contribution >= 4 is 46.4 Å². The Balaban J connectivity index is 1.97. The highest BCUT2D eigenvalue weighted by Gasteiger charge is 2.14. The zero-order valence-electron chi connectivity index (χ0n) is 12.6. The van der Waals surface area contributed by atoms with Gasteiger partial charge in [-0.25, -0.2) is 0 Å². The van der Waals surface area contributed by atoms with Crippen LogP contribution in [0.4, 0.5) is 11.4 Å². The third kappa shape index (κ3) is 5.27. The van der Waals surface area contributed by atoms with Crippen molar-refractivity contribution in [2.45, 2.75) is 13.3 Å².